The number of sulfonamides is 1. The molecule has 3 aromatic carbocycles. The van der Waals surface area contributed by atoms with E-state index in [0.717, 1.165) is 42.0 Å². The fourth-order valence-corrected chi connectivity index (χ4v) is 6.92. The minimum Gasteiger partial charge on any atom is -0.352 e. The lowest BCUT2D eigenvalue weighted by atomic mass is 9.95. The Kier molecular flexibility index (Phi) is 10.5. The predicted octanol–water partition coefficient (Wildman–Crippen LogP) is 5.96. The Hall–Kier alpha value is -3.36. The molecule has 0 aromatic heterocycles. The van der Waals surface area contributed by atoms with Gasteiger partial charge in [0.25, 0.3) is 10.0 Å². The standard InChI is InChI=1S/C32H38ClN3O4S/c1-3-25-14-11-13-21-30(25)36(41(39,40)28-18-8-5-9-19-28)23-31(37)35(22-26-15-10-12-20-29(26)33)24(2)32(38)34-27-16-6-4-7-17-27/h5,8-15,18-21,24,27H,3-4,6-7,16-17,22-23H2,1-2H3,(H,34,38)/t24-/m0/s1. The summed E-state index contributed by atoms with van der Waals surface area (Å²) in [6, 6.07) is 21.6. The van der Waals surface area contributed by atoms with Gasteiger partial charge in [-0.15, -0.1) is 0 Å². The Balaban J connectivity index is 1.70. The monoisotopic (exact) mass is 595 g/mol. The van der Waals surface area contributed by atoms with Crippen molar-refractivity contribution in [1.29, 1.82) is 0 Å². The second kappa shape index (κ2) is 14.0. The molecular weight excluding hydrogens is 558 g/mol. The van der Waals surface area contributed by atoms with Crippen LogP contribution in [0, 0.1) is 0 Å². The van der Waals surface area contributed by atoms with Crippen LogP contribution in [0.1, 0.15) is 57.1 Å². The zero-order valence-electron chi connectivity index (χ0n) is 23.6. The molecule has 1 fully saturated rings. The van der Waals surface area contributed by atoms with E-state index >= 15 is 0 Å². The highest BCUT2D eigenvalue weighted by atomic mass is 35.5. The minimum atomic E-state index is -4.11. The molecule has 1 aliphatic carbocycles. The van der Waals surface area contributed by atoms with E-state index in [-0.39, 0.29) is 23.4 Å². The molecule has 0 radical (unpaired) electrons. The van der Waals surface area contributed by atoms with Gasteiger partial charge in [0.1, 0.15) is 12.6 Å². The van der Waals surface area contributed by atoms with Crippen molar-refractivity contribution in [2.75, 3.05) is 10.8 Å². The van der Waals surface area contributed by atoms with Gasteiger partial charge in [-0.3, -0.25) is 13.9 Å². The lowest BCUT2D eigenvalue weighted by molar-refractivity contribution is -0.139. The van der Waals surface area contributed by atoms with Crippen LogP contribution in [0.4, 0.5) is 5.69 Å². The third-order valence-corrected chi connectivity index (χ3v) is 9.81. The summed E-state index contributed by atoms with van der Waals surface area (Å²) >= 11 is 6.46. The van der Waals surface area contributed by atoms with Gasteiger partial charge in [-0.05, 0) is 61.6 Å². The number of rotatable bonds is 11. The van der Waals surface area contributed by atoms with Crippen LogP contribution in [-0.2, 0) is 32.6 Å². The topological polar surface area (TPSA) is 86.8 Å². The molecule has 7 nitrogen and oxygen atoms in total. The van der Waals surface area contributed by atoms with Gasteiger partial charge in [-0.1, -0.05) is 92.4 Å². The zero-order valence-corrected chi connectivity index (χ0v) is 25.2. The van der Waals surface area contributed by atoms with Crippen molar-refractivity contribution >= 4 is 39.1 Å². The minimum absolute atomic E-state index is 0.0619. The molecule has 1 saturated carbocycles. The number of anilines is 1. The number of nitrogens with zero attached hydrogens (tertiary/aromatic N) is 2. The number of hydrogen-bond donors (Lipinski definition) is 1. The highest BCUT2D eigenvalue weighted by Crippen LogP contribution is 2.28. The fraction of sp³-hybridized carbons (Fsp3) is 0.375. The van der Waals surface area contributed by atoms with Gasteiger partial charge in [0.15, 0.2) is 0 Å². The zero-order chi connectivity index (χ0) is 29.4. The first kappa shape index (κ1) is 30.6. The second-order valence-corrected chi connectivity index (χ2v) is 12.7. The Morgan fingerprint density at radius 3 is 2.17 bits per heavy atom. The van der Waals surface area contributed by atoms with E-state index in [1.54, 1.807) is 55.5 Å². The summed E-state index contributed by atoms with van der Waals surface area (Å²) in [4.78, 5) is 29.1. The number of benzene rings is 3. The van der Waals surface area contributed by atoms with Gasteiger partial charge in [0, 0.05) is 17.6 Å². The van der Waals surface area contributed by atoms with Crippen molar-refractivity contribution in [3.8, 4) is 0 Å². The first-order valence-electron chi connectivity index (χ1n) is 14.2. The Bertz CT molecular complexity index is 1440. The molecule has 218 valence electrons. The van der Waals surface area contributed by atoms with Crippen LogP contribution in [0.2, 0.25) is 5.02 Å². The average molecular weight is 596 g/mol. The van der Waals surface area contributed by atoms with Crippen molar-refractivity contribution in [2.24, 2.45) is 0 Å². The van der Waals surface area contributed by atoms with Crippen LogP contribution in [0.15, 0.2) is 83.8 Å². The number of aryl methyl sites for hydroxylation is 1. The van der Waals surface area contributed by atoms with E-state index in [1.807, 2.05) is 25.1 Å². The molecule has 0 heterocycles. The van der Waals surface area contributed by atoms with Crippen LogP contribution in [0.25, 0.3) is 0 Å². The summed E-state index contributed by atoms with van der Waals surface area (Å²) in [6.07, 6.45) is 5.68. The van der Waals surface area contributed by atoms with Crippen LogP contribution in [-0.4, -0.2) is 43.8 Å². The number of hydrogen-bond acceptors (Lipinski definition) is 4. The first-order chi connectivity index (χ1) is 19.7. The van der Waals surface area contributed by atoms with E-state index in [0.29, 0.717) is 22.7 Å². The highest BCUT2D eigenvalue weighted by Gasteiger charge is 2.34. The lowest BCUT2D eigenvalue weighted by Gasteiger charge is -2.33. The van der Waals surface area contributed by atoms with Crippen molar-refractivity contribution in [3.05, 3.63) is 95.0 Å². The smallest absolute Gasteiger partial charge is 0.264 e. The molecule has 0 aliphatic heterocycles. The molecule has 9 heteroatoms. The van der Waals surface area contributed by atoms with Crippen LogP contribution >= 0.6 is 11.6 Å². The molecule has 4 rings (SSSR count). The molecule has 0 unspecified atom stereocenters. The summed E-state index contributed by atoms with van der Waals surface area (Å²) in [5.74, 6) is -0.759. The molecule has 1 aliphatic rings. The molecule has 1 N–H and O–H groups in total. The molecule has 0 saturated heterocycles. The van der Waals surface area contributed by atoms with Crippen LogP contribution in [0.5, 0.6) is 0 Å². The van der Waals surface area contributed by atoms with Gasteiger partial charge < -0.3 is 10.2 Å². The number of carbonyl (C=O) groups excluding carboxylic acids is 2. The number of nitrogens with one attached hydrogen (secondary N) is 1. The normalized spacial score (nSPS) is 14.7. The molecule has 1 atom stereocenters. The van der Waals surface area contributed by atoms with E-state index in [1.165, 1.54) is 17.0 Å². The number of carbonyl (C=O) groups is 2. The average Bonchev–Trinajstić information content (AvgIpc) is 3.00. The van der Waals surface area contributed by atoms with E-state index in [9.17, 15) is 18.0 Å². The maximum absolute atomic E-state index is 14.2. The number of amides is 2. The SMILES string of the molecule is CCc1ccccc1N(CC(=O)N(Cc1ccccc1Cl)[C@@H](C)C(=O)NC1CCCCC1)S(=O)(=O)c1ccccc1. The largest absolute Gasteiger partial charge is 0.352 e. The number of para-hydroxylation sites is 1. The van der Waals surface area contributed by atoms with Crippen molar-refractivity contribution in [1.82, 2.24) is 10.2 Å². The van der Waals surface area contributed by atoms with Gasteiger partial charge >= 0.3 is 0 Å². The van der Waals surface area contributed by atoms with Crippen molar-refractivity contribution in [2.45, 2.75) is 75.9 Å². The van der Waals surface area contributed by atoms with Gasteiger partial charge in [0.2, 0.25) is 11.8 Å². The molecule has 41 heavy (non-hydrogen) atoms. The lowest BCUT2D eigenvalue weighted by Crippen LogP contribution is -2.53. The van der Waals surface area contributed by atoms with E-state index in [2.05, 4.69) is 5.32 Å². The third-order valence-electron chi connectivity index (χ3n) is 7.67. The van der Waals surface area contributed by atoms with Crippen LogP contribution < -0.4 is 9.62 Å². The van der Waals surface area contributed by atoms with E-state index in [4.69, 9.17) is 11.6 Å². The second-order valence-electron chi connectivity index (χ2n) is 10.4. The van der Waals surface area contributed by atoms with Crippen LogP contribution in [0.3, 0.4) is 0 Å². The highest BCUT2D eigenvalue weighted by molar-refractivity contribution is 7.92. The summed E-state index contributed by atoms with van der Waals surface area (Å²) in [5.41, 5.74) is 1.90. The molecular formula is C32H38ClN3O4S. The Morgan fingerprint density at radius 2 is 1.51 bits per heavy atom. The third kappa shape index (κ3) is 7.49. The Labute approximate surface area is 248 Å². The maximum atomic E-state index is 14.2. The maximum Gasteiger partial charge on any atom is 0.264 e. The van der Waals surface area contributed by atoms with Crippen molar-refractivity contribution in [3.63, 3.8) is 0 Å². The van der Waals surface area contributed by atoms with Gasteiger partial charge in [-0.25, -0.2) is 8.42 Å². The quantitative estimate of drug-likeness (QED) is 0.296. The molecule has 2 amide bonds. The predicted molar refractivity (Wildman–Crippen MR) is 163 cm³/mol. The van der Waals surface area contributed by atoms with Crippen molar-refractivity contribution < 1.29 is 18.0 Å². The summed E-state index contributed by atoms with van der Waals surface area (Å²) in [6.45, 7) is 3.21. The molecule has 0 bridgehead atoms. The summed E-state index contributed by atoms with van der Waals surface area (Å²) < 4.78 is 29.1. The molecule has 3 aromatic rings. The number of halogens is 1. The summed E-state index contributed by atoms with van der Waals surface area (Å²) in [7, 11) is -4.11. The summed E-state index contributed by atoms with van der Waals surface area (Å²) in [5, 5.41) is 3.58. The molecule has 0 spiro atoms. The Morgan fingerprint density at radius 1 is 0.902 bits per heavy atom. The van der Waals surface area contributed by atoms with Gasteiger partial charge in [-0.2, -0.15) is 0 Å². The van der Waals surface area contributed by atoms with E-state index < -0.39 is 28.5 Å². The first-order valence-corrected chi connectivity index (χ1v) is 16.0. The fourth-order valence-electron chi connectivity index (χ4n) is 5.25. The van der Waals surface area contributed by atoms with Gasteiger partial charge in [0.05, 0.1) is 10.6 Å².